The number of likely N-dealkylation sites (tertiary alicyclic amines) is 1. The summed E-state index contributed by atoms with van der Waals surface area (Å²) in [4.78, 5) is 2.53. The van der Waals surface area contributed by atoms with Gasteiger partial charge in [0.2, 0.25) is 0 Å². The van der Waals surface area contributed by atoms with Gasteiger partial charge in [0.25, 0.3) is 0 Å². The second-order valence-corrected chi connectivity index (χ2v) is 6.73. The molecule has 0 saturated carbocycles. The van der Waals surface area contributed by atoms with E-state index in [1.54, 1.807) is 0 Å². The molecule has 0 amide bonds. The van der Waals surface area contributed by atoms with Crippen molar-refractivity contribution in [3.8, 4) is 0 Å². The van der Waals surface area contributed by atoms with Crippen LogP contribution in [0.5, 0.6) is 0 Å². The minimum atomic E-state index is -0.0587. The van der Waals surface area contributed by atoms with Crippen molar-refractivity contribution in [1.29, 1.82) is 0 Å². The van der Waals surface area contributed by atoms with Crippen LogP contribution in [0.3, 0.4) is 0 Å². The lowest BCUT2D eigenvalue weighted by Crippen LogP contribution is -2.47. The Labute approximate surface area is 130 Å². The first kappa shape index (κ1) is 17.5. The Morgan fingerprint density at radius 1 is 1.15 bits per heavy atom. The third-order valence-corrected chi connectivity index (χ3v) is 4.02. The first-order chi connectivity index (χ1) is 9.03. The smallest absolute Gasteiger partial charge is 0.0226 e. The molecule has 1 heterocycles. The van der Waals surface area contributed by atoms with Crippen molar-refractivity contribution >= 4 is 12.4 Å². The van der Waals surface area contributed by atoms with E-state index in [-0.39, 0.29) is 17.9 Å². The summed E-state index contributed by atoms with van der Waals surface area (Å²) in [6.45, 7) is 7.71. The maximum Gasteiger partial charge on any atom is 0.0226 e. The zero-order valence-corrected chi connectivity index (χ0v) is 13.7. The van der Waals surface area contributed by atoms with E-state index in [9.17, 15) is 0 Å². The molecular weight excluding hydrogens is 268 g/mol. The van der Waals surface area contributed by atoms with Crippen molar-refractivity contribution in [2.75, 3.05) is 19.6 Å². The summed E-state index contributed by atoms with van der Waals surface area (Å²) in [5, 5.41) is 0. The van der Waals surface area contributed by atoms with E-state index in [1.165, 1.54) is 44.3 Å². The van der Waals surface area contributed by atoms with Gasteiger partial charge in [0.05, 0.1) is 0 Å². The molecule has 1 fully saturated rings. The van der Waals surface area contributed by atoms with Gasteiger partial charge < -0.3 is 10.6 Å². The Hall–Kier alpha value is -0.570. The lowest BCUT2D eigenvalue weighted by molar-refractivity contribution is 0.154. The van der Waals surface area contributed by atoms with E-state index in [1.807, 2.05) is 0 Å². The number of nitrogens with two attached hydrogens (primary N) is 1. The van der Waals surface area contributed by atoms with Gasteiger partial charge in [-0.3, -0.25) is 0 Å². The Morgan fingerprint density at radius 2 is 1.75 bits per heavy atom. The fourth-order valence-corrected chi connectivity index (χ4v) is 3.03. The molecule has 20 heavy (non-hydrogen) atoms. The molecule has 0 unspecified atom stereocenters. The second-order valence-electron chi connectivity index (χ2n) is 6.73. The average Bonchev–Trinajstić information content (AvgIpc) is 2.37. The molecule has 0 radical (unpaired) electrons. The van der Waals surface area contributed by atoms with Crippen molar-refractivity contribution in [1.82, 2.24) is 4.90 Å². The maximum absolute atomic E-state index is 6.09. The number of benzene rings is 1. The van der Waals surface area contributed by atoms with Gasteiger partial charge in [-0.05, 0) is 64.1 Å². The van der Waals surface area contributed by atoms with Crippen LogP contribution in [0.1, 0.15) is 38.7 Å². The SMILES string of the molecule is CC(C)(N)CN1CCC(CCc2ccccc2)CC1.Cl. The molecule has 3 heteroatoms. The fraction of sp³-hybridized carbons (Fsp3) is 0.647. The highest BCUT2D eigenvalue weighted by Crippen LogP contribution is 2.23. The van der Waals surface area contributed by atoms with Crippen LogP contribution in [-0.4, -0.2) is 30.1 Å². The summed E-state index contributed by atoms with van der Waals surface area (Å²) >= 11 is 0. The largest absolute Gasteiger partial charge is 0.324 e. The monoisotopic (exact) mass is 296 g/mol. The molecule has 0 bridgehead atoms. The van der Waals surface area contributed by atoms with E-state index in [0.717, 1.165) is 12.5 Å². The van der Waals surface area contributed by atoms with E-state index in [4.69, 9.17) is 5.73 Å². The van der Waals surface area contributed by atoms with Gasteiger partial charge in [-0.2, -0.15) is 0 Å². The minimum absolute atomic E-state index is 0. The molecule has 2 nitrogen and oxygen atoms in total. The average molecular weight is 297 g/mol. The molecule has 0 atom stereocenters. The number of halogens is 1. The summed E-state index contributed by atoms with van der Waals surface area (Å²) in [7, 11) is 0. The fourth-order valence-electron chi connectivity index (χ4n) is 3.03. The van der Waals surface area contributed by atoms with Crippen LogP contribution in [0, 0.1) is 5.92 Å². The van der Waals surface area contributed by atoms with E-state index >= 15 is 0 Å². The molecule has 0 aromatic heterocycles. The van der Waals surface area contributed by atoms with Crippen molar-refractivity contribution in [2.24, 2.45) is 11.7 Å². The van der Waals surface area contributed by atoms with Crippen molar-refractivity contribution in [2.45, 2.75) is 45.1 Å². The highest BCUT2D eigenvalue weighted by molar-refractivity contribution is 5.85. The molecule has 0 aliphatic carbocycles. The molecule has 114 valence electrons. The number of piperidine rings is 1. The Bertz CT molecular complexity index is 364. The van der Waals surface area contributed by atoms with Crippen molar-refractivity contribution in [3.63, 3.8) is 0 Å². The predicted molar refractivity (Wildman–Crippen MR) is 89.4 cm³/mol. The molecule has 1 aliphatic heterocycles. The standard InChI is InChI=1S/C17H28N2.ClH/c1-17(2,18)14-19-12-10-16(11-13-19)9-8-15-6-4-3-5-7-15;/h3-7,16H,8-14,18H2,1-2H3;1H. The number of hydrogen-bond donors (Lipinski definition) is 1. The molecular formula is C17H29ClN2. The van der Waals surface area contributed by atoms with Gasteiger partial charge in [0.15, 0.2) is 0 Å². The highest BCUT2D eigenvalue weighted by atomic mass is 35.5. The summed E-state index contributed by atoms with van der Waals surface area (Å²) in [5.74, 6) is 0.900. The quantitative estimate of drug-likeness (QED) is 0.901. The molecule has 2 rings (SSSR count). The van der Waals surface area contributed by atoms with Crippen LogP contribution in [0.2, 0.25) is 0 Å². The highest BCUT2D eigenvalue weighted by Gasteiger charge is 2.22. The molecule has 1 aromatic carbocycles. The predicted octanol–water partition coefficient (Wildman–Crippen LogP) is 3.49. The summed E-state index contributed by atoms with van der Waals surface area (Å²) in [6, 6.07) is 10.9. The van der Waals surface area contributed by atoms with Gasteiger partial charge >= 0.3 is 0 Å². The van der Waals surface area contributed by atoms with Crippen LogP contribution in [0.25, 0.3) is 0 Å². The normalized spacial score (nSPS) is 17.8. The Balaban J connectivity index is 0.00000200. The van der Waals surface area contributed by atoms with Gasteiger partial charge in [0, 0.05) is 12.1 Å². The van der Waals surface area contributed by atoms with Crippen LogP contribution >= 0.6 is 12.4 Å². The summed E-state index contributed by atoms with van der Waals surface area (Å²) in [5.41, 5.74) is 7.51. The third-order valence-electron chi connectivity index (χ3n) is 4.02. The Kier molecular flexibility index (Phi) is 7.01. The maximum atomic E-state index is 6.09. The Morgan fingerprint density at radius 3 is 2.30 bits per heavy atom. The van der Waals surface area contributed by atoms with E-state index < -0.39 is 0 Å². The van der Waals surface area contributed by atoms with Gasteiger partial charge in [0.1, 0.15) is 0 Å². The lowest BCUT2D eigenvalue weighted by atomic mass is 9.90. The van der Waals surface area contributed by atoms with Gasteiger partial charge in [-0.15, -0.1) is 12.4 Å². The van der Waals surface area contributed by atoms with Gasteiger partial charge in [-0.1, -0.05) is 30.3 Å². The van der Waals surface area contributed by atoms with E-state index in [0.29, 0.717) is 0 Å². The number of nitrogens with zero attached hydrogens (tertiary/aromatic N) is 1. The molecule has 2 N–H and O–H groups in total. The second kappa shape index (κ2) is 8.02. The lowest BCUT2D eigenvalue weighted by Gasteiger charge is -2.35. The van der Waals surface area contributed by atoms with Crippen LogP contribution in [0.4, 0.5) is 0 Å². The molecule has 1 aliphatic rings. The zero-order chi connectivity index (χ0) is 13.7. The number of aryl methyl sites for hydroxylation is 1. The third kappa shape index (κ3) is 6.25. The molecule has 1 saturated heterocycles. The number of hydrogen-bond acceptors (Lipinski definition) is 2. The first-order valence-corrected chi connectivity index (χ1v) is 7.58. The van der Waals surface area contributed by atoms with Gasteiger partial charge in [-0.25, -0.2) is 0 Å². The summed E-state index contributed by atoms with van der Waals surface area (Å²) in [6.07, 6.45) is 5.24. The molecule has 0 spiro atoms. The van der Waals surface area contributed by atoms with Crippen LogP contribution in [-0.2, 0) is 6.42 Å². The first-order valence-electron chi connectivity index (χ1n) is 7.58. The van der Waals surface area contributed by atoms with E-state index in [2.05, 4.69) is 49.1 Å². The van der Waals surface area contributed by atoms with Crippen molar-refractivity contribution in [3.05, 3.63) is 35.9 Å². The van der Waals surface area contributed by atoms with Crippen molar-refractivity contribution < 1.29 is 0 Å². The van der Waals surface area contributed by atoms with Crippen LogP contribution in [0.15, 0.2) is 30.3 Å². The molecule has 1 aromatic rings. The number of rotatable bonds is 5. The summed E-state index contributed by atoms with van der Waals surface area (Å²) < 4.78 is 0. The minimum Gasteiger partial charge on any atom is -0.324 e. The zero-order valence-electron chi connectivity index (χ0n) is 12.8. The van der Waals surface area contributed by atoms with Crippen LogP contribution < -0.4 is 5.73 Å². The topological polar surface area (TPSA) is 29.3 Å².